The molecule has 1 aliphatic heterocycles. The fourth-order valence-corrected chi connectivity index (χ4v) is 4.25. The van der Waals surface area contributed by atoms with Gasteiger partial charge in [-0.3, -0.25) is 9.10 Å². The van der Waals surface area contributed by atoms with Gasteiger partial charge in [-0.2, -0.15) is 13.2 Å². The monoisotopic (exact) mass is 432 g/mol. The van der Waals surface area contributed by atoms with Gasteiger partial charge >= 0.3 is 6.18 Å². The maximum atomic E-state index is 13.0. The number of benzene rings is 2. The van der Waals surface area contributed by atoms with Crippen LogP contribution >= 0.6 is 11.6 Å². The van der Waals surface area contributed by atoms with Gasteiger partial charge in [-0.25, -0.2) is 8.42 Å². The highest BCUT2D eigenvalue weighted by Crippen LogP contribution is 2.39. The zero-order valence-corrected chi connectivity index (χ0v) is 15.7. The van der Waals surface area contributed by atoms with Crippen molar-refractivity contribution in [1.29, 1.82) is 0 Å². The number of hydrogen-bond donors (Lipinski definition) is 2. The van der Waals surface area contributed by atoms with E-state index in [1.54, 1.807) is 6.07 Å². The molecule has 1 amide bonds. The summed E-state index contributed by atoms with van der Waals surface area (Å²) in [7, 11) is -3.24. The number of sulfonamides is 1. The number of carbonyl (C=O) groups excluding carboxylic acids is 1. The lowest BCUT2D eigenvalue weighted by Crippen LogP contribution is -2.37. The molecule has 1 aliphatic rings. The van der Waals surface area contributed by atoms with Gasteiger partial charge in [0.25, 0.3) is 15.9 Å². The standard InChI is InChI=1S/C17H12ClF3N2O4S/c1-23-13-5-3-2-4-10(13)14(24)15(28(23,26)27)16(25)22-9-6-7-12(18)11(8-9)17(19,20)21/h2-8,24H,1H3,(H,22,25). The topological polar surface area (TPSA) is 86.7 Å². The van der Waals surface area contributed by atoms with Crippen molar-refractivity contribution >= 4 is 44.7 Å². The molecule has 148 valence electrons. The summed E-state index contributed by atoms with van der Waals surface area (Å²) in [5, 5.41) is 11.9. The molecule has 0 saturated heterocycles. The Kier molecular flexibility index (Phi) is 4.80. The SMILES string of the molecule is CN1c2ccccc2C(O)=C(C(=O)Nc2ccc(Cl)c(C(F)(F)F)c2)S1(=O)=O. The number of hydrogen-bond acceptors (Lipinski definition) is 4. The Morgan fingerprint density at radius 3 is 2.46 bits per heavy atom. The fraction of sp³-hybridized carbons (Fsp3) is 0.118. The average molecular weight is 433 g/mol. The minimum absolute atomic E-state index is 0.0945. The fourth-order valence-electron chi connectivity index (χ4n) is 2.69. The zero-order valence-electron chi connectivity index (χ0n) is 14.1. The van der Waals surface area contributed by atoms with Gasteiger partial charge in [0.2, 0.25) is 0 Å². The van der Waals surface area contributed by atoms with Crippen LogP contribution < -0.4 is 9.62 Å². The van der Waals surface area contributed by atoms with Gasteiger partial charge in [-0.15, -0.1) is 0 Å². The molecule has 0 spiro atoms. The molecular formula is C17H12ClF3N2O4S. The lowest BCUT2D eigenvalue weighted by molar-refractivity contribution is -0.137. The Morgan fingerprint density at radius 1 is 1.18 bits per heavy atom. The summed E-state index contributed by atoms with van der Waals surface area (Å²) >= 11 is 5.53. The Labute approximate surface area is 162 Å². The third-order valence-electron chi connectivity index (χ3n) is 4.07. The Bertz CT molecular complexity index is 1110. The minimum atomic E-state index is -4.77. The number of aliphatic hydroxyl groups is 1. The van der Waals surface area contributed by atoms with Crippen molar-refractivity contribution in [1.82, 2.24) is 0 Å². The van der Waals surface area contributed by atoms with E-state index in [4.69, 9.17) is 11.6 Å². The second-order valence-electron chi connectivity index (χ2n) is 5.81. The second kappa shape index (κ2) is 6.71. The summed E-state index contributed by atoms with van der Waals surface area (Å²) in [4.78, 5) is 11.6. The van der Waals surface area contributed by atoms with Crippen molar-refractivity contribution in [3.63, 3.8) is 0 Å². The van der Waals surface area contributed by atoms with Crippen LogP contribution in [0.5, 0.6) is 0 Å². The smallest absolute Gasteiger partial charge is 0.417 e. The zero-order chi connectivity index (χ0) is 20.9. The molecule has 1 heterocycles. The van der Waals surface area contributed by atoms with Gasteiger partial charge in [0.15, 0.2) is 10.7 Å². The maximum Gasteiger partial charge on any atom is 0.417 e. The van der Waals surface area contributed by atoms with E-state index in [0.29, 0.717) is 6.07 Å². The first-order valence-electron chi connectivity index (χ1n) is 7.64. The first kappa shape index (κ1) is 20.0. The van der Waals surface area contributed by atoms with Crippen LogP contribution in [0.1, 0.15) is 11.1 Å². The molecule has 0 atom stereocenters. The molecule has 2 aromatic carbocycles. The van der Waals surface area contributed by atoms with E-state index in [0.717, 1.165) is 16.4 Å². The van der Waals surface area contributed by atoms with Crippen LogP contribution in [0.4, 0.5) is 24.5 Å². The number of carbonyl (C=O) groups is 1. The van der Waals surface area contributed by atoms with Crippen molar-refractivity contribution < 1.29 is 31.5 Å². The number of anilines is 2. The third kappa shape index (κ3) is 3.29. The number of nitrogens with one attached hydrogen (secondary N) is 1. The summed E-state index contributed by atoms with van der Waals surface area (Å²) in [5.74, 6) is -2.08. The Morgan fingerprint density at radius 2 is 1.82 bits per heavy atom. The normalized spacial score (nSPS) is 16.0. The van der Waals surface area contributed by atoms with Gasteiger partial charge in [0.1, 0.15) is 0 Å². The van der Waals surface area contributed by atoms with E-state index in [1.165, 1.54) is 25.2 Å². The summed E-state index contributed by atoms with van der Waals surface area (Å²) in [6.07, 6.45) is -4.77. The van der Waals surface area contributed by atoms with Gasteiger partial charge in [0, 0.05) is 18.3 Å². The van der Waals surface area contributed by atoms with E-state index < -0.39 is 43.4 Å². The predicted octanol–water partition coefficient (Wildman–Crippen LogP) is 4.00. The molecule has 0 unspecified atom stereocenters. The molecule has 28 heavy (non-hydrogen) atoms. The molecule has 2 aromatic rings. The Balaban J connectivity index is 2.06. The summed E-state index contributed by atoms with van der Waals surface area (Å²) in [6, 6.07) is 8.51. The third-order valence-corrected chi connectivity index (χ3v) is 6.21. The average Bonchev–Trinajstić information content (AvgIpc) is 2.60. The van der Waals surface area contributed by atoms with E-state index in [1.807, 2.05) is 0 Å². The number of nitrogens with zero attached hydrogens (tertiary/aromatic N) is 1. The highest BCUT2D eigenvalue weighted by Gasteiger charge is 2.40. The van der Waals surface area contributed by atoms with Gasteiger partial charge in [-0.1, -0.05) is 23.7 Å². The second-order valence-corrected chi connectivity index (χ2v) is 8.13. The molecule has 3 rings (SSSR count). The van der Waals surface area contributed by atoms with Crippen molar-refractivity contribution in [2.24, 2.45) is 0 Å². The molecule has 0 radical (unpaired) electrons. The highest BCUT2D eigenvalue weighted by molar-refractivity contribution is 7.97. The largest absolute Gasteiger partial charge is 0.506 e. The quantitative estimate of drug-likeness (QED) is 0.751. The molecule has 0 saturated carbocycles. The van der Waals surface area contributed by atoms with Crippen LogP contribution in [0.3, 0.4) is 0 Å². The van der Waals surface area contributed by atoms with Crippen LogP contribution in [-0.4, -0.2) is 26.5 Å². The van der Waals surface area contributed by atoms with E-state index in [-0.39, 0.29) is 16.9 Å². The van der Waals surface area contributed by atoms with Gasteiger partial charge in [0.05, 0.1) is 16.3 Å². The number of rotatable bonds is 2. The number of alkyl halides is 3. The van der Waals surface area contributed by atoms with Crippen LogP contribution in [0.25, 0.3) is 5.76 Å². The number of fused-ring (bicyclic) bond motifs is 1. The molecule has 0 fully saturated rings. The molecule has 0 aromatic heterocycles. The number of aliphatic hydroxyl groups excluding tert-OH is 1. The van der Waals surface area contributed by atoms with E-state index >= 15 is 0 Å². The lowest BCUT2D eigenvalue weighted by atomic mass is 10.1. The van der Waals surface area contributed by atoms with Gasteiger partial charge in [-0.05, 0) is 30.3 Å². The predicted molar refractivity (Wildman–Crippen MR) is 98.4 cm³/mol. The van der Waals surface area contributed by atoms with Crippen molar-refractivity contribution in [3.8, 4) is 0 Å². The molecule has 2 N–H and O–H groups in total. The van der Waals surface area contributed by atoms with E-state index in [2.05, 4.69) is 5.32 Å². The molecule has 6 nitrogen and oxygen atoms in total. The van der Waals surface area contributed by atoms with E-state index in [9.17, 15) is 31.5 Å². The molecular weight excluding hydrogens is 421 g/mol. The lowest BCUT2D eigenvalue weighted by Gasteiger charge is -2.28. The van der Waals surface area contributed by atoms with Crippen molar-refractivity contribution in [2.45, 2.75) is 6.18 Å². The summed E-state index contributed by atoms with van der Waals surface area (Å²) in [5.41, 5.74) is -1.28. The van der Waals surface area contributed by atoms with Crippen LogP contribution in [-0.2, 0) is 21.0 Å². The number of para-hydroxylation sites is 1. The molecule has 11 heteroatoms. The summed E-state index contributed by atoms with van der Waals surface area (Å²) in [6.45, 7) is 0. The number of amides is 1. The van der Waals surface area contributed by atoms with Gasteiger partial charge < -0.3 is 10.4 Å². The summed E-state index contributed by atoms with van der Waals surface area (Å²) < 4.78 is 65.0. The first-order valence-corrected chi connectivity index (χ1v) is 9.46. The number of halogens is 4. The van der Waals surface area contributed by atoms with Crippen LogP contribution in [0.15, 0.2) is 47.4 Å². The Hall–Kier alpha value is -2.72. The molecule has 0 aliphatic carbocycles. The molecule has 0 bridgehead atoms. The first-order chi connectivity index (χ1) is 12.9. The van der Waals surface area contributed by atoms with Crippen LogP contribution in [0.2, 0.25) is 5.02 Å². The van der Waals surface area contributed by atoms with Crippen LogP contribution in [0, 0.1) is 0 Å². The maximum absolute atomic E-state index is 13.0. The van der Waals surface area contributed by atoms with Crippen molar-refractivity contribution in [2.75, 3.05) is 16.7 Å². The highest BCUT2D eigenvalue weighted by atomic mass is 35.5. The minimum Gasteiger partial charge on any atom is -0.506 e. The van der Waals surface area contributed by atoms with Crippen molar-refractivity contribution in [3.05, 3.63) is 63.5 Å².